The minimum atomic E-state index is -4.74. The van der Waals surface area contributed by atoms with E-state index in [4.69, 9.17) is 23.3 Å². The third-order valence-corrected chi connectivity index (χ3v) is 11.4. The molecule has 0 spiro atoms. The second-order valence-electron chi connectivity index (χ2n) is 16.6. The Morgan fingerprint density at radius 1 is 0.453 bits per heavy atom. The molecule has 0 rings (SSSR count). The summed E-state index contributed by atoms with van der Waals surface area (Å²) in [7, 11) is -4.74. The molecule has 0 aromatic rings. The van der Waals surface area contributed by atoms with Crippen LogP contribution in [0.3, 0.4) is 0 Å². The average molecular weight is 923 g/mol. The lowest BCUT2D eigenvalue weighted by molar-refractivity contribution is -0.161. The second kappa shape index (κ2) is 46.7. The molecule has 0 saturated heterocycles. The van der Waals surface area contributed by atoms with Gasteiger partial charge in [0.1, 0.15) is 12.7 Å². The number of aliphatic hydroxyl groups excluding tert-OH is 1. The summed E-state index contributed by atoms with van der Waals surface area (Å²) in [4.78, 5) is 48.1. The molecule has 0 saturated carbocycles. The van der Waals surface area contributed by atoms with Crippen LogP contribution in [-0.4, -0.2) is 66.5 Å². The van der Waals surface area contributed by atoms with Crippen molar-refractivity contribution in [3.05, 3.63) is 60.8 Å². The van der Waals surface area contributed by atoms with E-state index in [1.54, 1.807) is 0 Å². The Morgan fingerprint density at radius 2 is 0.812 bits per heavy atom. The topological polar surface area (TPSA) is 155 Å². The van der Waals surface area contributed by atoms with Gasteiger partial charge in [0.05, 0.1) is 19.8 Å². The summed E-state index contributed by atoms with van der Waals surface area (Å²) in [6.45, 7) is 4.41. The van der Waals surface area contributed by atoms with E-state index in [1.165, 1.54) is 57.8 Å². The number of rotatable bonds is 46. The van der Waals surface area contributed by atoms with Gasteiger partial charge >= 0.3 is 25.7 Å². The van der Waals surface area contributed by atoms with Crippen molar-refractivity contribution < 1.29 is 52.2 Å². The molecule has 0 aromatic heterocycles. The first-order valence-corrected chi connectivity index (χ1v) is 26.7. The number of carbonyl (C=O) groups is 3. The van der Waals surface area contributed by atoms with Gasteiger partial charge in [-0.2, -0.15) is 0 Å². The zero-order valence-corrected chi connectivity index (χ0v) is 41.4. The van der Waals surface area contributed by atoms with E-state index < -0.39 is 57.8 Å². The molecule has 0 heterocycles. The highest BCUT2D eigenvalue weighted by Gasteiger charge is 2.28. The van der Waals surface area contributed by atoms with Gasteiger partial charge in [0, 0.05) is 19.3 Å². The molecule has 370 valence electrons. The number of unbranched alkanes of at least 4 members (excludes halogenated alkanes) is 19. The van der Waals surface area contributed by atoms with Crippen molar-refractivity contribution in [1.29, 1.82) is 0 Å². The molecule has 0 radical (unpaired) electrons. The third-order valence-electron chi connectivity index (χ3n) is 10.4. The lowest BCUT2D eigenvalue weighted by Crippen LogP contribution is -2.30. The molecule has 0 fully saturated rings. The van der Waals surface area contributed by atoms with Crippen LogP contribution < -0.4 is 0 Å². The van der Waals surface area contributed by atoms with E-state index in [0.29, 0.717) is 19.3 Å². The maximum Gasteiger partial charge on any atom is 0.472 e. The summed E-state index contributed by atoms with van der Waals surface area (Å²) >= 11 is 0. The summed E-state index contributed by atoms with van der Waals surface area (Å²) in [5.74, 6) is -1.53. The van der Waals surface area contributed by atoms with E-state index >= 15 is 0 Å². The maximum absolute atomic E-state index is 12.8. The maximum atomic E-state index is 12.8. The van der Waals surface area contributed by atoms with Crippen molar-refractivity contribution in [3.63, 3.8) is 0 Å². The Labute approximate surface area is 389 Å². The van der Waals surface area contributed by atoms with Gasteiger partial charge in [0.25, 0.3) is 0 Å². The Morgan fingerprint density at radius 3 is 1.31 bits per heavy atom. The Balaban J connectivity index is 4.83. The molecular weight excluding hydrogens is 832 g/mol. The Hall–Kier alpha value is -2.82. The van der Waals surface area contributed by atoms with Crippen LogP contribution in [0.25, 0.3) is 0 Å². The summed E-state index contributed by atoms with van der Waals surface area (Å²) < 4.78 is 39.2. The van der Waals surface area contributed by atoms with Gasteiger partial charge in [0.15, 0.2) is 6.10 Å². The molecule has 2 N–H and O–H groups in total. The SMILES string of the molecule is CC/C=C\C/C=C\C/C=C\C/C=C\CCCCC(=O)OCC(COP(=O)(O)OCC(CO)OC(=O)CCCCCCCCCCC)OC(=O)CCCCCCC/C=C\CCCCCC. The van der Waals surface area contributed by atoms with E-state index in [0.717, 1.165) is 96.3 Å². The molecule has 3 atom stereocenters. The van der Waals surface area contributed by atoms with Crippen LogP contribution in [0.5, 0.6) is 0 Å². The smallest absolute Gasteiger partial charge is 0.462 e. The first kappa shape index (κ1) is 61.2. The fourth-order valence-electron chi connectivity index (χ4n) is 6.58. The lowest BCUT2D eigenvalue weighted by Gasteiger charge is -2.21. The largest absolute Gasteiger partial charge is 0.472 e. The van der Waals surface area contributed by atoms with Gasteiger partial charge in [-0.1, -0.05) is 171 Å². The zero-order chi connectivity index (χ0) is 47.0. The van der Waals surface area contributed by atoms with Crippen LogP contribution in [0.1, 0.15) is 213 Å². The summed E-state index contributed by atoms with van der Waals surface area (Å²) in [6, 6.07) is 0. The number of aliphatic hydroxyl groups is 1. The molecule has 12 heteroatoms. The number of ether oxygens (including phenoxy) is 3. The number of phosphoric ester groups is 1. The molecule has 0 aliphatic rings. The molecule has 3 unspecified atom stereocenters. The minimum Gasteiger partial charge on any atom is -0.462 e. The first-order valence-electron chi connectivity index (χ1n) is 25.2. The van der Waals surface area contributed by atoms with E-state index in [-0.39, 0.29) is 25.9 Å². The van der Waals surface area contributed by atoms with Crippen molar-refractivity contribution in [2.24, 2.45) is 0 Å². The molecular formula is C52H91O11P. The predicted octanol–water partition coefficient (Wildman–Crippen LogP) is 14.0. The van der Waals surface area contributed by atoms with Crippen molar-refractivity contribution in [2.45, 2.75) is 226 Å². The van der Waals surface area contributed by atoms with E-state index in [1.807, 2.05) is 0 Å². The van der Waals surface area contributed by atoms with Gasteiger partial charge in [-0.15, -0.1) is 0 Å². The molecule has 64 heavy (non-hydrogen) atoms. The number of esters is 3. The molecule has 0 amide bonds. The summed E-state index contributed by atoms with van der Waals surface area (Å²) in [5, 5.41) is 9.73. The number of hydrogen-bond acceptors (Lipinski definition) is 10. The Bertz CT molecular complexity index is 1310. The van der Waals surface area contributed by atoms with Gasteiger partial charge in [-0.05, 0) is 83.5 Å². The molecule has 0 bridgehead atoms. The summed E-state index contributed by atoms with van der Waals surface area (Å²) in [5.41, 5.74) is 0. The van der Waals surface area contributed by atoms with Crippen LogP contribution in [0, 0.1) is 0 Å². The zero-order valence-electron chi connectivity index (χ0n) is 40.5. The van der Waals surface area contributed by atoms with Crippen LogP contribution >= 0.6 is 7.82 Å². The standard InChI is InChI=1S/C52H91O11P/c1-4-7-10-13-16-19-21-23-24-26-27-30-32-35-38-41-50(54)59-45-49(63-52(56)43-40-37-34-31-28-25-22-20-17-14-11-8-5-2)47-61-64(57,58)60-46-48(44-53)62-51(55)42-39-36-33-29-18-15-12-9-6-3/h7,10,16,19-20,22-24,27,30,48-49,53H,4-6,8-9,11-15,17-18,21,25-26,28-29,31-47H2,1-3H3,(H,57,58)/b10-7-,19-16-,22-20-,24-23-,30-27-. The van der Waals surface area contributed by atoms with Gasteiger partial charge < -0.3 is 24.2 Å². The normalized spacial score (nSPS) is 14.0. The molecule has 11 nitrogen and oxygen atoms in total. The number of hydrogen-bond donors (Lipinski definition) is 2. The van der Waals surface area contributed by atoms with E-state index in [9.17, 15) is 28.9 Å². The predicted molar refractivity (Wildman–Crippen MR) is 261 cm³/mol. The van der Waals surface area contributed by atoms with Gasteiger partial charge in [-0.25, -0.2) is 4.57 Å². The minimum absolute atomic E-state index is 0.148. The average Bonchev–Trinajstić information content (AvgIpc) is 3.28. The van der Waals surface area contributed by atoms with E-state index in [2.05, 4.69) is 81.5 Å². The third kappa shape index (κ3) is 44.4. The molecule has 0 aromatic carbocycles. The Kier molecular flexibility index (Phi) is 44.6. The quantitative estimate of drug-likeness (QED) is 0.0197. The fourth-order valence-corrected chi connectivity index (χ4v) is 7.36. The number of phosphoric acid groups is 1. The van der Waals surface area contributed by atoms with Crippen molar-refractivity contribution >= 4 is 25.7 Å². The first-order chi connectivity index (χ1) is 31.2. The van der Waals surface area contributed by atoms with Crippen molar-refractivity contribution in [2.75, 3.05) is 26.4 Å². The molecule has 0 aliphatic carbocycles. The number of carbonyl (C=O) groups excluding carboxylic acids is 3. The van der Waals surface area contributed by atoms with Gasteiger partial charge in [-0.3, -0.25) is 23.4 Å². The van der Waals surface area contributed by atoms with Crippen LogP contribution in [0.2, 0.25) is 0 Å². The monoisotopic (exact) mass is 923 g/mol. The van der Waals surface area contributed by atoms with Crippen molar-refractivity contribution in [3.8, 4) is 0 Å². The fraction of sp³-hybridized carbons (Fsp3) is 0.750. The van der Waals surface area contributed by atoms with Crippen LogP contribution in [0.4, 0.5) is 0 Å². The van der Waals surface area contributed by atoms with Crippen molar-refractivity contribution in [1.82, 2.24) is 0 Å². The number of allylic oxidation sites excluding steroid dienone is 10. The lowest BCUT2D eigenvalue weighted by atomic mass is 10.1. The van der Waals surface area contributed by atoms with Gasteiger partial charge in [0.2, 0.25) is 0 Å². The van der Waals surface area contributed by atoms with Crippen LogP contribution in [-0.2, 0) is 42.2 Å². The summed E-state index contributed by atoms with van der Waals surface area (Å²) in [6.07, 6.45) is 47.8. The highest BCUT2D eigenvalue weighted by atomic mass is 31.2. The second-order valence-corrected chi connectivity index (χ2v) is 18.1. The highest BCUT2D eigenvalue weighted by molar-refractivity contribution is 7.47. The highest BCUT2D eigenvalue weighted by Crippen LogP contribution is 2.43. The molecule has 0 aliphatic heterocycles. The van der Waals surface area contributed by atoms with Crippen LogP contribution in [0.15, 0.2) is 60.8 Å².